The lowest BCUT2D eigenvalue weighted by molar-refractivity contribution is -0.119. The van der Waals surface area contributed by atoms with Crippen LogP contribution in [0.4, 0.5) is 4.79 Å². The number of carbonyl (C=O) groups excluding carboxylic acids is 2. The molecule has 4 fully saturated rings. The third-order valence-corrected chi connectivity index (χ3v) is 21.5. The van der Waals surface area contributed by atoms with Gasteiger partial charge in [0.15, 0.2) is 0 Å². The number of piperidine rings is 1. The molecule has 0 spiro atoms. The zero-order valence-electron chi connectivity index (χ0n) is 60.1. The highest BCUT2D eigenvalue weighted by molar-refractivity contribution is 7.89. The first kappa shape index (κ1) is 59.0. The lowest BCUT2D eigenvalue weighted by atomic mass is 9.97. The van der Waals surface area contributed by atoms with Crippen LogP contribution in [-0.4, -0.2) is 190 Å². The summed E-state index contributed by atoms with van der Waals surface area (Å²) in [6.07, 6.45) is -8.05. The maximum absolute atomic E-state index is 13.6. The number of benzene rings is 4. The fraction of sp³-hybridized carbons (Fsp3) is 0.582. The molecule has 4 aromatic rings. The molecule has 4 saturated heterocycles. The molecule has 0 bridgehead atoms. The Bertz CT molecular complexity index is 3640. The maximum Gasteiger partial charge on any atom is 0.314 e. The number of rotatable bonds is 31. The lowest BCUT2D eigenvalue weighted by Gasteiger charge is -2.38. The first-order chi connectivity index (χ1) is 47.4. The van der Waals surface area contributed by atoms with E-state index in [9.17, 15) is 36.9 Å². The van der Waals surface area contributed by atoms with Gasteiger partial charge in [0.2, 0.25) is 20.0 Å². The summed E-state index contributed by atoms with van der Waals surface area (Å²) in [5, 5.41) is 28.3. The van der Waals surface area contributed by atoms with E-state index < -0.39 is 82.1 Å². The third-order valence-electron chi connectivity index (χ3n) is 17.9. The van der Waals surface area contributed by atoms with Crippen molar-refractivity contribution in [2.45, 2.75) is 143 Å². The predicted octanol–water partition coefficient (Wildman–Crippen LogP) is 7.50. The summed E-state index contributed by atoms with van der Waals surface area (Å²) in [6.45, 7) is 8.27. The number of hydrogen-bond donors (Lipinski definition) is 5. The summed E-state index contributed by atoms with van der Waals surface area (Å²) in [5.41, 5.74) is 4.57. The Hall–Kier alpha value is -5.48. The van der Waals surface area contributed by atoms with Gasteiger partial charge in [0, 0.05) is 124 Å². The molecule has 0 unspecified atom stereocenters. The Balaban J connectivity index is 0.584. The second-order valence-corrected chi connectivity index (χ2v) is 29.0. The van der Waals surface area contributed by atoms with Crippen molar-refractivity contribution in [2.75, 3.05) is 111 Å². The van der Waals surface area contributed by atoms with Crippen molar-refractivity contribution in [1.82, 2.24) is 45.0 Å². The van der Waals surface area contributed by atoms with Crippen molar-refractivity contribution in [3.8, 4) is 23.6 Å². The van der Waals surface area contributed by atoms with Gasteiger partial charge in [-0.25, -0.2) is 31.1 Å². The molecule has 2 aliphatic carbocycles. The van der Waals surface area contributed by atoms with Gasteiger partial charge in [-0.3, -0.25) is 24.4 Å². The number of sulfonamides is 2. The van der Waals surface area contributed by atoms with E-state index >= 15 is 0 Å². The Morgan fingerprint density at radius 2 is 1.20 bits per heavy atom. The van der Waals surface area contributed by atoms with Gasteiger partial charge >= 0.3 is 6.03 Å². The number of nitriles is 2. The molecule has 25 heteroatoms. The van der Waals surface area contributed by atoms with Gasteiger partial charge in [-0.15, -0.1) is 0 Å². The quantitative estimate of drug-likeness (QED) is 0.0306. The number of hydrogen-bond acceptors (Lipinski definition) is 17. The standard InChI is InChI=1S/C67H89Cl2N11O10S2/c1-46-8-6-24-79(42-46)63-38-59-48(40-70)34-50(68)36-61(59)65(63)89-55-11-15-57(16-12-55)91(83,84)75-52-19-25-77(44-52)28-32-87-30-7-10-54(81)9-4-3-5-21-73-67(82)74-23-31-88-33-29-78-26-20-53(45-78)76-92(85,86)58-17-13-56(14-18-58)90-66-62-37-51(69)35-49(41-71)60(62)39-64(66)80-27-22-72-47(2)43-80/h11-18,34-37,46-47,52-53,63-66,72,75-76H,3-10,19-33,38-39,42-45H2,1-2H3,(H2,73,74,82)/t46-,47+,52-,53-,63-,64-,65-,66-/m0/s1/i3D2,4D2,5D2,21D2. The zero-order chi connectivity index (χ0) is 72.0. The molecule has 0 saturated carbocycles. The van der Waals surface area contributed by atoms with Crippen molar-refractivity contribution < 1.29 is 56.3 Å². The first-order valence-electron chi connectivity index (χ1n) is 35.8. The number of carbonyl (C=O) groups is 2. The van der Waals surface area contributed by atoms with Crippen LogP contribution in [0.2, 0.25) is 10.0 Å². The molecule has 4 aliphatic heterocycles. The number of Topliss-reactive ketones (excluding diaryl/α,β-unsaturated/α-hetero) is 1. The summed E-state index contributed by atoms with van der Waals surface area (Å²) in [7, 11) is -7.83. The summed E-state index contributed by atoms with van der Waals surface area (Å²) in [4.78, 5) is 34.8. The van der Waals surface area contributed by atoms with Gasteiger partial charge < -0.3 is 34.9 Å². The number of nitrogens with one attached hydrogen (secondary N) is 5. The van der Waals surface area contributed by atoms with Gasteiger partial charge in [0.1, 0.15) is 29.5 Å². The van der Waals surface area contributed by atoms with Crippen molar-refractivity contribution in [3.63, 3.8) is 0 Å². The second-order valence-electron chi connectivity index (χ2n) is 24.7. The topological polar surface area (TPSA) is 260 Å². The van der Waals surface area contributed by atoms with Crippen LogP contribution in [-0.2, 0) is 47.2 Å². The summed E-state index contributed by atoms with van der Waals surface area (Å²) in [5.74, 6) is 0.726. The maximum atomic E-state index is 13.6. The Labute approximate surface area is 564 Å². The molecule has 21 nitrogen and oxygen atoms in total. The van der Waals surface area contributed by atoms with Crippen LogP contribution in [0, 0.1) is 28.6 Å². The number of urea groups is 1. The molecule has 6 aliphatic rings. The van der Waals surface area contributed by atoms with Crippen molar-refractivity contribution in [1.29, 1.82) is 10.5 Å². The molecule has 10 rings (SSSR count). The van der Waals surface area contributed by atoms with E-state index in [0.717, 1.165) is 67.8 Å². The largest absolute Gasteiger partial charge is 0.484 e. The van der Waals surface area contributed by atoms with Crippen molar-refractivity contribution in [2.24, 2.45) is 5.92 Å². The summed E-state index contributed by atoms with van der Waals surface area (Å²) in [6, 6.07) is 22.4. The number of ketones is 1. The Kier molecular flexibility index (Phi) is 21.0. The van der Waals surface area contributed by atoms with Crippen LogP contribution in [0.3, 0.4) is 0 Å². The highest BCUT2D eigenvalue weighted by Crippen LogP contribution is 2.44. The highest BCUT2D eigenvalue weighted by atomic mass is 35.5. The number of nitrogens with zero attached hydrogens (tertiary/aromatic N) is 6. The molecule has 4 heterocycles. The van der Waals surface area contributed by atoms with Crippen LogP contribution < -0.4 is 34.9 Å². The monoisotopic (exact) mass is 1350 g/mol. The number of amides is 2. The molecule has 2 amide bonds. The normalized spacial score (nSPS) is 25.7. The molecular weight excluding hydrogens is 1250 g/mol. The van der Waals surface area contributed by atoms with E-state index in [2.05, 4.69) is 55.9 Å². The number of likely N-dealkylation sites (tertiary alicyclic amines) is 3. The average molecular weight is 1350 g/mol. The molecule has 0 aromatic heterocycles. The van der Waals surface area contributed by atoms with E-state index in [1.807, 2.05) is 21.9 Å². The molecule has 92 heavy (non-hydrogen) atoms. The van der Waals surface area contributed by atoms with Gasteiger partial charge in [0.25, 0.3) is 0 Å². The van der Waals surface area contributed by atoms with Gasteiger partial charge in [-0.2, -0.15) is 10.5 Å². The minimum absolute atomic E-state index is 0.0167. The van der Waals surface area contributed by atoms with Gasteiger partial charge in [-0.05, 0) is 185 Å². The van der Waals surface area contributed by atoms with Crippen LogP contribution >= 0.6 is 23.2 Å². The van der Waals surface area contributed by atoms with Gasteiger partial charge in [0.05, 0.1) is 65.0 Å². The molecular formula is C67H89Cl2N11O10S2. The molecule has 4 aromatic carbocycles. The van der Waals surface area contributed by atoms with Crippen molar-refractivity contribution >= 4 is 55.1 Å². The minimum atomic E-state index is -3.92. The molecule has 8 atom stereocenters. The summed E-state index contributed by atoms with van der Waals surface area (Å²) >= 11 is 12.9. The second kappa shape index (κ2) is 32.8. The zero-order valence-corrected chi connectivity index (χ0v) is 55.2. The fourth-order valence-electron chi connectivity index (χ4n) is 13.4. The number of ether oxygens (including phenoxy) is 4. The lowest BCUT2D eigenvalue weighted by Crippen LogP contribution is -2.54. The number of halogens is 2. The van der Waals surface area contributed by atoms with Crippen LogP contribution in [0.25, 0.3) is 0 Å². The molecule has 498 valence electrons. The minimum Gasteiger partial charge on any atom is -0.484 e. The third kappa shape index (κ3) is 18.7. The molecule has 5 N–H and O–H groups in total. The van der Waals surface area contributed by atoms with Crippen molar-refractivity contribution in [3.05, 3.63) is 116 Å². The van der Waals surface area contributed by atoms with E-state index in [1.165, 1.54) is 24.3 Å². The number of fused-ring (bicyclic) bond motifs is 2. The highest BCUT2D eigenvalue weighted by Gasteiger charge is 2.43. The van der Waals surface area contributed by atoms with Crippen LogP contribution in [0.1, 0.15) is 134 Å². The number of piperazine rings is 1. The average Bonchev–Trinajstić information content (AvgIpc) is 1.04. The summed E-state index contributed by atoms with van der Waals surface area (Å²) < 4.78 is 152. The first-order valence-corrected chi connectivity index (χ1v) is 35.5. The fourth-order valence-corrected chi connectivity index (χ4v) is 16.4. The predicted molar refractivity (Wildman–Crippen MR) is 352 cm³/mol. The Morgan fingerprint density at radius 1 is 0.652 bits per heavy atom. The van der Waals surface area contributed by atoms with Crippen LogP contribution in [0.5, 0.6) is 11.5 Å². The van der Waals surface area contributed by atoms with E-state index in [1.54, 1.807) is 41.7 Å². The SMILES string of the molecule is [2H]C([2H])(CC(=O)CCCOCCN1CC[C@H](NS(=O)(=O)c2ccc(O[C@H]3c4cc(Cl)cc(C#N)c4C[C@@H]3N3CCC[C@H](C)C3)cc2)C1)C([2H])([2H])C([2H])([2H])C([2H])([2H])NC(=O)NCCOCCN1CC[C@H](NS(=O)(=O)c2ccc(O[C@H]3c4cc(Cl)cc(C#N)c4C[C@@H]3N3CCN[C@H](C)C3)cc2)C1. The van der Waals surface area contributed by atoms with Gasteiger partial charge in [-0.1, -0.05) is 36.5 Å². The smallest absolute Gasteiger partial charge is 0.314 e. The van der Waals surface area contributed by atoms with E-state index in [-0.39, 0.29) is 79.8 Å². The van der Waals surface area contributed by atoms with E-state index in [4.69, 9.17) is 53.1 Å². The Morgan fingerprint density at radius 3 is 1.73 bits per heavy atom. The van der Waals surface area contributed by atoms with E-state index in [0.29, 0.717) is 104 Å². The molecule has 0 radical (unpaired) electrons. The van der Waals surface area contributed by atoms with Crippen LogP contribution in [0.15, 0.2) is 82.6 Å².